The van der Waals surface area contributed by atoms with Gasteiger partial charge in [-0.15, -0.1) is 0 Å². The Bertz CT molecular complexity index is 463. The normalized spacial score (nSPS) is 20.8. The number of halogens is 1. The molecule has 3 rings (SSSR count). The highest BCUT2D eigenvalue weighted by atomic mass is 35.5. The molecule has 0 spiro atoms. The Kier molecular flexibility index (Phi) is 4.15. The summed E-state index contributed by atoms with van der Waals surface area (Å²) in [7, 11) is 0. The van der Waals surface area contributed by atoms with Crippen molar-refractivity contribution in [1.82, 2.24) is 20.0 Å². The fraction of sp³-hybridized carbons (Fsp3) is 0.714. The van der Waals surface area contributed by atoms with E-state index in [0.717, 1.165) is 32.5 Å². The second-order valence-corrected chi connectivity index (χ2v) is 6.37. The van der Waals surface area contributed by atoms with Gasteiger partial charge in [-0.2, -0.15) is 5.10 Å². The quantitative estimate of drug-likeness (QED) is 0.932. The van der Waals surface area contributed by atoms with Crippen molar-refractivity contribution in [2.75, 3.05) is 13.1 Å². The summed E-state index contributed by atoms with van der Waals surface area (Å²) in [6, 6.07) is 0.492. The molecule has 1 aliphatic heterocycles. The van der Waals surface area contributed by atoms with Gasteiger partial charge in [0.25, 0.3) is 0 Å². The lowest BCUT2D eigenvalue weighted by atomic mass is 9.95. The van der Waals surface area contributed by atoms with Crippen LogP contribution in [0.4, 0.5) is 4.79 Å². The van der Waals surface area contributed by atoms with Crippen molar-refractivity contribution < 1.29 is 4.79 Å². The smallest absolute Gasteiger partial charge is 0.317 e. The molecule has 1 aromatic heterocycles. The van der Waals surface area contributed by atoms with Crippen molar-refractivity contribution >= 4 is 17.6 Å². The van der Waals surface area contributed by atoms with Gasteiger partial charge in [-0.25, -0.2) is 4.79 Å². The Balaban J connectivity index is 1.39. The number of likely N-dealkylation sites (tertiary alicyclic amines) is 1. The van der Waals surface area contributed by atoms with Crippen LogP contribution >= 0.6 is 11.6 Å². The zero-order valence-corrected chi connectivity index (χ0v) is 12.4. The molecular formula is C14H21ClN4O. The number of amides is 2. The first-order valence-electron chi connectivity index (χ1n) is 7.44. The molecule has 0 atom stereocenters. The molecule has 1 saturated carbocycles. The van der Waals surface area contributed by atoms with Crippen molar-refractivity contribution in [3.8, 4) is 0 Å². The number of hydrogen-bond donors (Lipinski definition) is 1. The van der Waals surface area contributed by atoms with E-state index < -0.39 is 0 Å². The SMILES string of the molecule is O=C(NC1CCCCC1)N1CC(Cn2cc(Cl)cn2)C1. The second kappa shape index (κ2) is 6.04. The lowest BCUT2D eigenvalue weighted by Crippen LogP contribution is -2.56. The van der Waals surface area contributed by atoms with Crippen LogP contribution < -0.4 is 5.32 Å². The Morgan fingerprint density at radius 2 is 2.10 bits per heavy atom. The average molecular weight is 297 g/mol. The predicted molar refractivity (Wildman–Crippen MR) is 77.7 cm³/mol. The standard InChI is InChI=1S/C14H21ClN4O/c15-12-6-16-19(10-12)9-11-7-18(8-11)14(20)17-13-4-2-1-3-5-13/h6,10-11,13H,1-5,7-9H2,(H,17,20). The fourth-order valence-electron chi connectivity index (χ4n) is 3.07. The number of carbonyl (C=O) groups is 1. The first kappa shape index (κ1) is 13.7. The van der Waals surface area contributed by atoms with Gasteiger partial charge in [-0.05, 0) is 12.8 Å². The summed E-state index contributed by atoms with van der Waals surface area (Å²) >= 11 is 5.83. The minimum Gasteiger partial charge on any atom is -0.335 e. The Morgan fingerprint density at radius 1 is 1.35 bits per heavy atom. The number of urea groups is 1. The fourth-order valence-corrected chi connectivity index (χ4v) is 3.22. The molecule has 0 radical (unpaired) electrons. The van der Waals surface area contributed by atoms with Gasteiger partial charge in [0.15, 0.2) is 0 Å². The Morgan fingerprint density at radius 3 is 2.75 bits per heavy atom. The third-order valence-corrected chi connectivity index (χ3v) is 4.42. The molecule has 1 saturated heterocycles. The summed E-state index contributed by atoms with van der Waals surface area (Å²) < 4.78 is 1.85. The van der Waals surface area contributed by atoms with E-state index in [9.17, 15) is 4.79 Å². The molecule has 0 bridgehead atoms. The minimum absolute atomic E-state index is 0.103. The third-order valence-electron chi connectivity index (χ3n) is 4.22. The minimum atomic E-state index is 0.103. The van der Waals surface area contributed by atoms with Crippen molar-refractivity contribution in [2.45, 2.75) is 44.7 Å². The van der Waals surface area contributed by atoms with Gasteiger partial charge in [0.2, 0.25) is 0 Å². The van der Waals surface area contributed by atoms with E-state index in [0.29, 0.717) is 17.0 Å². The van der Waals surface area contributed by atoms with E-state index in [1.54, 1.807) is 6.20 Å². The zero-order chi connectivity index (χ0) is 13.9. The molecule has 2 heterocycles. The first-order valence-corrected chi connectivity index (χ1v) is 7.82. The first-order chi connectivity index (χ1) is 9.70. The molecule has 1 aromatic rings. The van der Waals surface area contributed by atoms with Crippen LogP contribution in [0, 0.1) is 5.92 Å². The summed E-state index contributed by atoms with van der Waals surface area (Å²) in [4.78, 5) is 14.0. The lowest BCUT2D eigenvalue weighted by molar-refractivity contribution is 0.104. The van der Waals surface area contributed by atoms with Crippen LogP contribution in [0.5, 0.6) is 0 Å². The highest BCUT2D eigenvalue weighted by Gasteiger charge is 2.32. The van der Waals surface area contributed by atoms with Crippen molar-refractivity contribution in [3.05, 3.63) is 17.4 Å². The summed E-state index contributed by atoms with van der Waals surface area (Å²) in [5.41, 5.74) is 0. The molecule has 2 aliphatic rings. The summed E-state index contributed by atoms with van der Waals surface area (Å²) in [6.07, 6.45) is 9.54. The van der Waals surface area contributed by atoms with Crippen molar-refractivity contribution in [2.24, 2.45) is 5.92 Å². The van der Waals surface area contributed by atoms with E-state index in [1.165, 1.54) is 19.3 Å². The van der Waals surface area contributed by atoms with Crippen LogP contribution in [0.2, 0.25) is 5.02 Å². The highest BCUT2D eigenvalue weighted by molar-refractivity contribution is 6.30. The molecule has 2 fully saturated rings. The molecule has 1 aliphatic carbocycles. The number of nitrogens with zero attached hydrogens (tertiary/aromatic N) is 3. The number of hydrogen-bond acceptors (Lipinski definition) is 2. The van der Waals surface area contributed by atoms with E-state index in [2.05, 4.69) is 10.4 Å². The van der Waals surface area contributed by atoms with E-state index in [-0.39, 0.29) is 6.03 Å². The maximum absolute atomic E-state index is 12.1. The van der Waals surface area contributed by atoms with E-state index in [1.807, 2.05) is 15.8 Å². The van der Waals surface area contributed by atoms with Crippen LogP contribution in [0.1, 0.15) is 32.1 Å². The van der Waals surface area contributed by atoms with Gasteiger partial charge in [0.05, 0.1) is 11.2 Å². The average Bonchev–Trinajstić information content (AvgIpc) is 2.80. The molecular weight excluding hydrogens is 276 g/mol. The largest absolute Gasteiger partial charge is 0.335 e. The van der Waals surface area contributed by atoms with Crippen molar-refractivity contribution in [1.29, 1.82) is 0 Å². The van der Waals surface area contributed by atoms with Crippen LogP contribution in [0.3, 0.4) is 0 Å². The molecule has 0 aromatic carbocycles. The van der Waals surface area contributed by atoms with Gasteiger partial charge in [-0.3, -0.25) is 4.68 Å². The van der Waals surface area contributed by atoms with Crippen molar-refractivity contribution in [3.63, 3.8) is 0 Å². The Labute approximate surface area is 124 Å². The maximum Gasteiger partial charge on any atom is 0.317 e. The van der Waals surface area contributed by atoms with E-state index >= 15 is 0 Å². The molecule has 20 heavy (non-hydrogen) atoms. The number of aromatic nitrogens is 2. The molecule has 0 unspecified atom stereocenters. The van der Waals surface area contributed by atoms with Crippen LogP contribution in [-0.4, -0.2) is 39.8 Å². The molecule has 5 nitrogen and oxygen atoms in total. The molecule has 1 N–H and O–H groups in total. The number of carbonyl (C=O) groups excluding carboxylic acids is 1. The van der Waals surface area contributed by atoms with Gasteiger partial charge >= 0.3 is 6.03 Å². The van der Waals surface area contributed by atoms with Gasteiger partial charge in [0, 0.05) is 37.8 Å². The van der Waals surface area contributed by atoms with Crippen LogP contribution in [0.25, 0.3) is 0 Å². The van der Waals surface area contributed by atoms with Crippen LogP contribution in [-0.2, 0) is 6.54 Å². The predicted octanol–water partition coefficient (Wildman–Crippen LogP) is 2.51. The lowest BCUT2D eigenvalue weighted by Gasteiger charge is -2.40. The van der Waals surface area contributed by atoms with Crippen LogP contribution in [0.15, 0.2) is 12.4 Å². The summed E-state index contributed by atoms with van der Waals surface area (Å²) in [5, 5.41) is 7.98. The summed E-state index contributed by atoms with van der Waals surface area (Å²) in [5.74, 6) is 0.489. The number of nitrogens with one attached hydrogen (secondary N) is 1. The van der Waals surface area contributed by atoms with E-state index in [4.69, 9.17) is 11.6 Å². The summed E-state index contributed by atoms with van der Waals surface area (Å²) in [6.45, 7) is 2.46. The molecule has 110 valence electrons. The van der Waals surface area contributed by atoms with Gasteiger partial charge in [0.1, 0.15) is 0 Å². The highest BCUT2D eigenvalue weighted by Crippen LogP contribution is 2.21. The van der Waals surface area contributed by atoms with Gasteiger partial charge < -0.3 is 10.2 Å². The third kappa shape index (κ3) is 3.26. The monoisotopic (exact) mass is 296 g/mol. The van der Waals surface area contributed by atoms with Gasteiger partial charge in [-0.1, -0.05) is 30.9 Å². The second-order valence-electron chi connectivity index (χ2n) is 5.94. The topological polar surface area (TPSA) is 50.2 Å². The zero-order valence-electron chi connectivity index (χ0n) is 11.6. The molecule has 2 amide bonds. The number of rotatable bonds is 3. The Hall–Kier alpha value is -1.23. The maximum atomic E-state index is 12.1. The molecule has 6 heteroatoms.